The van der Waals surface area contributed by atoms with E-state index >= 15 is 0 Å². The summed E-state index contributed by atoms with van der Waals surface area (Å²) in [5, 5.41) is 11.1. The Hall–Kier alpha value is -2.38. The Kier molecular flexibility index (Phi) is 3.36. The molecule has 3 nitrogen and oxygen atoms in total. The quantitative estimate of drug-likeness (QED) is 0.688. The Labute approximate surface area is 124 Å². The molecule has 0 unspecified atom stereocenters. The molecule has 0 atom stereocenters. The number of hydrogen-bond acceptors (Lipinski definition) is 3. The van der Waals surface area contributed by atoms with Crippen LogP contribution < -0.4 is 4.74 Å². The van der Waals surface area contributed by atoms with Crippen LogP contribution in [0, 0.1) is 11.3 Å². The van der Waals surface area contributed by atoms with Crippen LogP contribution >= 0.6 is 15.9 Å². The minimum absolute atomic E-state index is 0.340. The molecule has 0 aliphatic heterocycles. The van der Waals surface area contributed by atoms with Crippen LogP contribution in [0.5, 0.6) is 11.5 Å². The zero-order valence-electron chi connectivity index (χ0n) is 10.4. The molecule has 0 fully saturated rings. The molecule has 3 rings (SSSR count). The third-order valence-electron chi connectivity index (χ3n) is 2.86. The van der Waals surface area contributed by atoms with Gasteiger partial charge in [0.15, 0.2) is 0 Å². The van der Waals surface area contributed by atoms with Crippen LogP contribution in [0.3, 0.4) is 0 Å². The van der Waals surface area contributed by atoms with Gasteiger partial charge < -0.3 is 4.74 Å². The molecule has 0 spiro atoms. The molecule has 0 saturated heterocycles. The van der Waals surface area contributed by atoms with Gasteiger partial charge in [-0.3, -0.25) is 0 Å². The van der Waals surface area contributed by atoms with Crippen LogP contribution in [0.4, 0.5) is 0 Å². The van der Waals surface area contributed by atoms with Gasteiger partial charge in [-0.25, -0.2) is 4.98 Å². The summed E-state index contributed by atoms with van der Waals surface area (Å²) in [6.07, 6.45) is 1.56. The maximum Gasteiger partial charge on any atom is 0.144 e. The number of benzene rings is 2. The van der Waals surface area contributed by atoms with Crippen molar-refractivity contribution >= 4 is 26.7 Å². The molecule has 0 radical (unpaired) electrons. The van der Waals surface area contributed by atoms with Gasteiger partial charge in [0.2, 0.25) is 0 Å². The maximum atomic E-state index is 8.82. The lowest BCUT2D eigenvalue weighted by Gasteiger charge is -2.07. The van der Waals surface area contributed by atoms with Crippen molar-refractivity contribution < 1.29 is 4.74 Å². The molecule has 0 amide bonds. The Morgan fingerprint density at radius 2 is 1.70 bits per heavy atom. The van der Waals surface area contributed by atoms with Gasteiger partial charge in [0, 0.05) is 16.7 Å². The van der Waals surface area contributed by atoms with Gasteiger partial charge in [-0.05, 0) is 41.1 Å². The van der Waals surface area contributed by atoms with Gasteiger partial charge in [-0.15, -0.1) is 0 Å². The molecule has 0 N–H and O–H groups in total. The highest BCUT2D eigenvalue weighted by atomic mass is 79.9. The first-order valence-electron chi connectivity index (χ1n) is 5.98. The monoisotopic (exact) mass is 324 g/mol. The van der Waals surface area contributed by atoms with E-state index in [0.29, 0.717) is 11.4 Å². The average Bonchev–Trinajstić information content (AvgIpc) is 2.47. The van der Waals surface area contributed by atoms with Crippen molar-refractivity contribution in [3.05, 3.63) is 64.9 Å². The average molecular weight is 325 g/mol. The fourth-order valence-electron chi connectivity index (χ4n) is 1.93. The minimum Gasteiger partial charge on any atom is -0.457 e. The SMILES string of the molecule is N#Cc1cc(Oc2ccc3cc(Br)ccc3c2)ccn1. The number of fused-ring (bicyclic) bond motifs is 1. The Bertz CT molecular complexity index is 824. The van der Waals surface area contributed by atoms with E-state index in [1.165, 1.54) is 0 Å². The van der Waals surface area contributed by atoms with Gasteiger partial charge in [0.1, 0.15) is 23.3 Å². The summed E-state index contributed by atoms with van der Waals surface area (Å²) >= 11 is 3.45. The molecular formula is C16H9BrN2O. The number of nitriles is 1. The van der Waals surface area contributed by atoms with E-state index in [0.717, 1.165) is 21.0 Å². The summed E-state index contributed by atoms with van der Waals surface area (Å²) in [7, 11) is 0. The molecule has 1 aromatic heterocycles. The standard InChI is InChI=1S/C16H9BrN2O/c17-13-3-1-12-8-15(4-2-11(12)7-13)20-16-5-6-19-14(9-16)10-18/h1-9H. The fourth-order valence-corrected chi connectivity index (χ4v) is 2.31. The van der Waals surface area contributed by atoms with Crippen LogP contribution in [0.15, 0.2) is 59.2 Å². The Balaban J connectivity index is 1.94. The number of nitrogens with zero attached hydrogens (tertiary/aromatic N) is 2. The van der Waals surface area contributed by atoms with Gasteiger partial charge in [0.05, 0.1) is 0 Å². The molecule has 0 aliphatic carbocycles. The van der Waals surface area contributed by atoms with Gasteiger partial charge in [0.25, 0.3) is 0 Å². The summed E-state index contributed by atoms with van der Waals surface area (Å²) in [5.41, 5.74) is 0.340. The summed E-state index contributed by atoms with van der Waals surface area (Å²) in [4.78, 5) is 3.91. The lowest BCUT2D eigenvalue weighted by Crippen LogP contribution is -1.87. The lowest BCUT2D eigenvalue weighted by atomic mass is 10.1. The molecule has 0 bridgehead atoms. The second-order valence-corrected chi connectivity index (χ2v) is 5.16. The van der Waals surface area contributed by atoms with Crippen LogP contribution in [-0.4, -0.2) is 4.98 Å². The van der Waals surface area contributed by atoms with Crippen molar-refractivity contribution in [3.8, 4) is 17.6 Å². The number of rotatable bonds is 2. The topological polar surface area (TPSA) is 45.9 Å². The number of halogens is 1. The lowest BCUT2D eigenvalue weighted by molar-refractivity contribution is 0.482. The van der Waals surface area contributed by atoms with E-state index < -0.39 is 0 Å². The molecular weight excluding hydrogens is 316 g/mol. The maximum absolute atomic E-state index is 8.82. The Morgan fingerprint density at radius 3 is 2.55 bits per heavy atom. The normalized spacial score (nSPS) is 10.2. The van der Waals surface area contributed by atoms with Crippen molar-refractivity contribution in [2.24, 2.45) is 0 Å². The highest BCUT2D eigenvalue weighted by Crippen LogP contribution is 2.27. The molecule has 4 heteroatoms. The van der Waals surface area contributed by atoms with Crippen molar-refractivity contribution in [2.45, 2.75) is 0 Å². The summed E-state index contributed by atoms with van der Waals surface area (Å²) in [6, 6.07) is 17.3. The molecule has 0 saturated carbocycles. The van der Waals surface area contributed by atoms with Crippen LogP contribution in [-0.2, 0) is 0 Å². The van der Waals surface area contributed by atoms with Gasteiger partial charge in [-0.2, -0.15) is 5.26 Å². The van der Waals surface area contributed by atoms with Crippen molar-refractivity contribution in [1.29, 1.82) is 5.26 Å². The van der Waals surface area contributed by atoms with Crippen molar-refractivity contribution in [2.75, 3.05) is 0 Å². The summed E-state index contributed by atoms with van der Waals surface area (Å²) < 4.78 is 6.80. The molecule has 20 heavy (non-hydrogen) atoms. The first-order valence-corrected chi connectivity index (χ1v) is 6.77. The Morgan fingerprint density at radius 1 is 0.950 bits per heavy atom. The largest absolute Gasteiger partial charge is 0.457 e. The molecule has 1 heterocycles. The van der Waals surface area contributed by atoms with Gasteiger partial charge in [-0.1, -0.05) is 28.1 Å². The van der Waals surface area contributed by atoms with E-state index in [9.17, 15) is 0 Å². The van der Waals surface area contributed by atoms with Gasteiger partial charge >= 0.3 is 0 Å². The molecule has 2 aromatic carbocycles. The van der Waals surface area contributed by atoms with E-state index in [2.05, 4.69) is 27.0 Å². The minimum atomic E-state index is 0.340. The first-order chi connectivity index (χ1) is 9.74. The predicted octanol–water partition coefficient (Wildman–Crippen LogP) is 4.66. The third kappa shape index (κ3) is 2.63. The number of hydrogen-bond donors (Lipinski definition) is 0. The van der Waals surface area contributed by atoms with E-state index in [1.807, 2.05) is 36.4 Å². The van der Waals surface area contributed by atoms with Crippen molar-refractivity contribution in [1.82, 2.24) is 4.98 Å². The van der Waals surface area contributed by atoms with E-state index in [4.69, 9.17) is 10.00 Å². The van der Waals surface area contributed by atoms with Crippen LogP contribution in [0.25, 0.3) is 10.8 Å². The van der Waals surface area contributed by atoms with E-state index in [1.54, 1.807) is 18.3 Å². The smallest absolute Gasteiger partial charge is 0.144 e. The predicted molar refractivity (Wildman–Crippen MR) is 80.7 cm³/mol. The number of pyridine rings is 1. The third-order valence-corrected chi connectivity index (χ3v) is 3.35. The fraction of sp³-hybridized carbons (Fsp3) is 0. The highest BCUT2D eigenvalue weighted by molar-refractivity contribution is 9.10. The molecule has 0 aliphatic rings. The first kappa shape index (κ1) is 12.6. The number of ether oxygens (including phenoxy) is 1. The summed E-state index contributed by atoms with van der Waals surface area (Å²) in [5.74, 6) is 1.34. The van der Waals surface area contributed by atoms with E-state index in [-0.39, 0.29) is 0 Å². The summed E-state index contributed by atoms with van der Waals surface area (Å²) in [6.45, 7) is 0. The molecule has 3 aromatic rings. The molecule has 96 valence electrons. The van der Waals surface area contributed by atoms with Crippen LogP contribution in [0.2, 0.25) is 0 Å². The van der Waals surface area contributed by atoms with Crippen LogP contribution in [0.1, 0.15) is 5.69 Å². The number of aromatic nitrogens is 1. The van der Waals surface area contributed by atoms with Crippen molar-refractivity contribution in [3.63, 3.8) is 0 Å². The highest BCUT2D eigenvalue weighted by Gasteiger charge is 2.02. The second-order valence-electron chi connectivity index (χ2n) is 4.24. The zero-order chi connectivity index (χ0) is 13.9. The zero-order valence-corrected chi connectivity index (χ0v) is 12.0. The second kappa shape index (κ2) is 5.32.